The molecule has 0 saturated carbocycles. The van der Waals surface area contributed by atoms with E-state index in [1.165, 1.54) is 0 Å². The van der Waals surface area contributed by atoms with Crippen molar-refractivity contribution in [3.05, 3.63) is 72.6 Å². The van der Waals surface area contributed by atoms with Gasteiger partial charge in [-0.05, 0) is 25.1 Å². The van der Waals surface area contributed by atoms with Crippen LogP contribution >= 0.6 is 24.0 Å². The lowest BCUT2D eigenvalue weighted by atomic mass is 10.2. The number of guanidine groups is 1. The third-order valence-corrected chi connectivity index (χ3v) is 4.17. The smallest absolute Gasteiger partial charge is 0.191 e. The maximum atomic E-state index is 5.71. The number of fused-ring (bicyclic) bond motifs is 1. The van der Waals surface area contributed by atoms with Crippen molar-refractivity contribution >= 4 is 41.0 Å². The van der Waals surface area contributed by atoms with E-state index in [1.54, 1.807) is 6.08 Å². The van der Waals surface area contributed by atoms with Crippen LogP contribution in [0.2, 0.25) is 0 Å². The summed E-state index contributed by atoms with van der Waals surface area (Å²) in [5, 5.41) is 6.65. The van der Waals surface area contributed by atoms with Crippen LogP contribution in [0.3, 0.4) is 0 Å². The summed E-state index contributed by atoms with van der Waals surface area (Å²) in [6.07, 6.45) is 2.53. The normalized spacial score (nSPS) is 11.0. The van der Waals surface area contributed by atoms with Crippen molar-refractivity contribution in [3.8, 4) is 5.75 Å². The number of aromatic amines is 1. The molecule has 1 heterocycles. The van der Waals surface area contributed by atoms with E-state index < -0.39 is 0 Å². The van der Waals surface area contributed by atoms with Crippen molar-refractivity contribution in [2.45, 2.75) is 19.9 Å². The van der Waals surface area contributed by atoms with E-state index in [1.807, 2.05) is 48.5 Å². The number of rotatable bonds is 9. The number of aromatic nitrogens is 2. The van der Waals surface area contributed by atoms with Gasteiger partial charge in [-0.1, -0.05) is 43.0 Å². The van der Waals surface area contributed by atoms with Crippen molar-refractivity contribution in [1.82, 2.24) is 20.6 Å². The predicted molar refractivity (Wildman–Crippen MR) is 130 cm³/mol. The predicted octanol–water partition coefficient (Wildman–Crippen LogP) is 4.04. The monoisotopic (exact) mass is 505 g/mol. The second kappa shape index (κ2) is 12.1. The molecular weight excluding hydrogens is 477 g/mol. The zero-order chi connectivity index (χ0) is 19.6. The minimum absolute atomic E-state index is 0. The Morgan fingerprint density at radius 3 is 2.76 bits per heavy atom. The number of hydrogen-bond acceptors (Lipinski definition) is 3. The molecule has 0 fully saturated rings. The molecule has 0 bridgehead atoms. The van der Waals surface area contributed by atoms with Gasteiger partial charge in [-0.2, -0.15) is 0 Å². The van der Waals surface area contributed by atoms with Gasteiger partial charge in [0, 0.05) is 25.1 Å². The van der Waals surface area contributed by atoms with Crippen LogP contribution in [0.15, 0.2) is 66.2 Å². The number of imidazole rings is 1. The minimum Gasteiger partial charge on any atom is -0.489 e. The Balaban J connectivity index is 0.00000300. The number of H-pyrrole nitrogens is 1. The largest absolute Gasteiger partial charge is 0.489 e. The zero-order valence-electron chi connectivity index (χ0n) is 16.6. The fraction of sp³-hybridized carbons (Fsp3) is 0.273. The van der Waals surface area contributed by atoms with Crippen molar-refractivity contribution < 1.29 is 4.74 Å². The van der Waals surface area contributed by atoms with Crippen LogP contribution in [0.1, 0.15) is 18.3 Å². The molecule has 3 rings (SSSR count). The van der Waals surface area contributed by atoms with Gasteiger partial charge >= 0.3 is 0 Å². The molecule has 0 aliphatic carbocycles. The zero-order valence-corrected chi connectivity index (χ0v) is 19.0. The Kier molecular flexibility index (Phi) is 9.49. The topological polar surface area (TPSA) is 74.3 Å². The number of para-hydroxylation sites is 3. The number of hydrogen-bond donors (Lipinski definition) is 3. The first kappa shape index (κ1) is 22.7. The molecule has 7 heteroatoms. The maximum Gasteiger partial charge on any atom is 0.191 e. The third-order valence-electron chi connectivity index (χ3n) is 4.17. The van der Waals surface area contributed by atoms with Gasteiger partial charge in [0.15, 0.2) is 5.96 Å². The van der Waals surface area contributed by atoms with Gasteiger partial charge in [0.05, 0.1) is 17.6 Å². The second-order valence-electron chi connectivity index (χ2n) is 6.28. The Labute approximate surface area is 188 Å². The molecule has 0 aliphatic heterocycles. The molecule has 0 amide bonds. The van der Waals surface area contributed by atoms with E-state index in [9.17, 15) is 0 Å². The highest BCUT2D eigenvalue weighted by molar-refractivity contribution is 14.0. The highest BCUT2D eigenvalue weighted by Crippen LogP contribution is 2.18. The summed E-state index contributed by atoms with van der Waals surface area (Å²) in [6.45, 7) is 8.30. The molecule has 29 heavy (non-hydrogen) atoms. The van der Waals surface area contributed by atoms with Crippen LogP contribution in [0.5, 0.6) is 5.75 Å². The van der Waals surface area contributed by atoms with Gasteiger partial charge in [-0.25, -0.2) is 9.98 Å². The molecule has 0 spiro atoms. The van der Waals surface area contributed by atoms with E-state index in [0.29, 0.717) is 13.2 Å². The molecule has 154 valence electrons. The standard InChI is InChI=1S/C22H27N5O.HI/c1-3-15-28-20-12-8-5-9-17(20)16-25-22(23-4-2)24-14-13-21-26-18-10-6-7-11-19(18)27-21;/h3,5-12H,1,4,13-16H2,2H3,(H,26,27)(H2,23,24,25);1H. The molecule has 1 aromatic heterocycles. The molecule has 2 aromatic carbocycles. The average molecular weight is 505 g/mol. The molecule has 3 N–H and O–H groups in total. The molecule has 0 radical (unpaired) electrons. The Morgan fingerprint density at radius 1 is 1.17 bits per heavy atom. The summed E-state index contributed by atoms with van der Waals surface area (Å²) in [6, 6.07) is 16.0. The minimum atomic E-state index is 0. The molecule has 0 saturated heterocycles. The SMILES string of the molecule is C=CCOc1ccccc1CN=C(NCC)NCCc1nc2ccccc2[nH]1.I. The van der Waals surface area contributed by atoms with Crippen molar-refractivity contribution in [2.75, 3.05) is 19.7 Å². The van der Waals surface area contributed by atoms with Crippen molar-refractivity contribution in [3.63, 3.8) is 0 Å². The summed E-state index contributed by atoms with van der Waals surface area (Å²) in [5.41, 5.74) is 3.10. The van der Waals surface area contributed by atoms with Gasteiger partial charge in [0.1, 0.15) is 18.2 Å². The Hall–Kier alpha value is -2.55. The summed E-state index contributed by atoms with van der Waals surface area (Å²) in [4.78, 5) is 12.6. The van der Waals surface area contributed by atoms with Gasteiger partial charge in [-0.15, -0.1) is 24.0 Å². The maximum absolute atomic E-state index is 5.71. The van der Waals surface area contributed by atoms with Crippen LogP contribution in [0.4, 0.5) is 0 Å². The summed E-state index contributed by atoms with van der Waals surface area (Å²) in [7, 11) is 0. The fourth-order valence-corrected chi connectivity index (χ4v) is 2.85. The van der Waals surface area contributed by atoms with Crippen LogP contribution in [-0.4, -0.2) is 35.6 Å². The summed E-state index contributed by atoms with van der Waals surface area (Å²) < 4.78 is 5.71. The van der Waals surface area contributed by atoms with Crippen LogP contribution in [0, 0.1) is 0 Å². The Morgan fingerprint density at radius 2 is 1.97 bits per heavy atom. The molecule has 0 unspecified atom stereocenters. The van der Waals surface area contributed by atoms with E-state index in [4.69, 9.17) is 4.74 Å². The molecule has 6 nitrogen and oxygen atoms in total. The molecular formula is C22H28IN5O. The van der Waals surface area contributed by atoms with Gasteiger partial charge in [0.25, 0.3) is 0 Å². The van der Waals surface area contributed by atoms with E-state index in [2.05, 4.69) is 39.1 Å². The number of nitrogens with zero attached hydrogens (tertiary/aromatic N) is 2. The number of halogens is 1. The van der Waals surface area contributed by atoms with Crippen molar-refractivity contribution in [2.24, 2.45) is 4.99 Å². The first-order valence-corrected chi connectivity index (χ1v) is 9.57. The molecule has 0 aliphatic rings. The first-order valence-electron chi connectivity index (χ1n) is 9.57. The van der Waals surface area contributed by atoms with Crippen LogP contribution < -0.4 is 15.4 Å². The number of ether oxygens (including phenoxy) is 1. The highest BCUT2D eigenvalue weighted by Gasteiger charge is 2.05. The van der Waals surface area contributed by atoms with Crippen molar-refractivity contribution in [1.29, 1.82) is 0 Å². The van der Waals surface area contributed by atoms with Gasteiger partial charge < -0.3 is 20.4 Å². The van der Waals surface area contributed by atoms with E-state index >= 15 is 0 Å². The first-order chi connectivity index (χ1) is 13.8. The lowest BCUT2D eigenvalue weighted by Crippen LogP contribution is -2.38. The molecule has 0 atom stereocenters. The van der Waals surface area contributed by atoms with Crippen LogP contribution in [-0.2, 0) is 13.0 Å². The number of aliphatic imine (C=N–C) groups is 1. The summed E-state index contributed by atoms with van der Waals surface area (Å²) in [5.74, 6) is 2.58. The van der Waals surface area contributed by atoms with E-state index in [0.717, 1.165) is 53.6 Å². The van der Waals surface area contributed by atoms with Crippen LogP contribution in [0.25, 0.3) is 11.0 Å². The lowest BCUT2D eigenvalue weighted by Gasteiger charge is -2.12. The fourth-order valence-electron chi connectivity index (χ4n) is 2.85. The van der Waals surface area contributed by atoms with E-state index in [-0.39, 0.29) is 24.0 Å². The number of nitrogens with one attached hydrogen (secondary N) is 3. The Bertz CT molecular complexity index is 905. The second-order valence-corrected chi connectivity index (χ2v) is 6.28. The highest BCUT2D eigenvalue weighted by atomic mass is 127. The third kappa shape index (κ3) is 6.77. The molecule has 3 aromatic rings. The quantitative estimate of drug-likeness (QED) is 0.178. The average Bonchev–Trinajstić information content (AvgIpc) is 3.14. The van der Waals surface area contributed by atoms with Gasteiger partial charge in [0.2, 0.25) is 0 Å². The van der Waals surface area contributed by atoms with Gasteiger partial charge in [-0.3, -0.25) is 0 Å². The number of benzene rings is 2. The summed E-state index contributed by atoms with van der Waals surface area (Å²) >= 11 is 0. The lowest BCUT2D eigenvalue weighted by molar-refractivity contribution is 0.359.